The number of hydrogen-bond donors (Lipinski definition) is 4. The van der Waals surface area contributed by atoms with Crippen LogP contribution in [0.4, 0.5) is 20.7 Å². The van der Waals surface area contributed by atoms with E-state index in [1.165, 1.54) is 23.5 Å². The first kappa shape index (κ1) is 22.1. The first-order chi connectivity index (χ1) is 15.0. The zero-order chi connectivity index (χ0) is 22.4. The lowest BCUT2D eigenvalue weighted by Crippen LogP contribution is -2.32. The van der Waals surface area contributed by atoms with Gasteiger partial charge in [0.15, 0.2) is 6.34 Å². The van der Waals surface area contributed by atoms with Gasteiger partial charge in [0.2, 0.25) is 5.91 Å². The summed E-state index contributed by atoms with van der Waals surface area (Å²) in [5.74, 6) is -0.487. The molecular weight excluding hydrogens is 407 g/mol. The highest BCUT2D eigenvalue weighted by Gasteiger charge is 2.31. The fourth-order valence-electron chi connectivity index (χ4n) is 3.11. The molecule has 1 aromatic heterocycles. The van der Waals surface area contributed by atoms with Crippen LogP contribution in [0.15, 0.2) is 36.5 Å². The van der Waals surface area contributed by atoms with Gasteiger partial charge in [0, 0.05) is 30.3 Å². The smallest absolute Gasteiger partial charge is 0.414 e. The van der Waals surface area contributed by atoms with Crippen molar-refractivity contribution in [3.05, 3.63) is 42.3 Å². The fraction of sp³-hybridized carbons (Fsp3) is 0.300. The minimum absolute atomic E-state index is 0.200. The Labute approximate surface area is 177 Å². The van der Waals surface area contributed by atoms with Gasteiger partial charge < -0.3 is 26.6 Å². The number of amides is 2. The average molecular weight is 431 g/mol. The van der Waals surface area contributed by atoms with Crippen molar-refractivity contribution in [2.24, 2.45) is 11.5 Å². The first-order valence-corrected chi connectivity index (χ1v) is 9.60. The molecule has 2 aromatic rings. The van der Waals surface area contributed by atoms with Gasteiger partial charge in [-0.15, -0.1) is 4.98 Å². The monoisotopic (exact) mass is 431 g/mol. The second-order valence-electron chi connectivity index (χ2n) is 6.77. The Balaban J connectivity index is 1.72. The highest BCUT2D eigenvalue weighted by atomic mass is 19.1. The van der Waals surface area contributed by atoms with Crippen LogP contribution in [0.25, 0.3) is 11.1 Å². The van der Waals surface area contributed by atoms with Crippen LogP contribution in [0.1, 0.15) is 0 Å². The van der Waals surface area contributed by atoms with E-state index in [0.717, 1.165) is 0 Å². The van der Waals surface area contributed by atoms with E-state index in [4.69, 9.17) is 21.3 Å². The molecule has 0 bridgehead atoms. The third-order valence-electron chi connectivity index (χ3n) is 4.75. The Morgan fingerprint density at radius 3 is 2.81 bits per heavy atom. The largest absolute Gasteiger partial charge is 0.443 e. The van der Waals surface area contributed by atoms with E-state index < -0.39 is 30.5 Å². The number of nitrogens with two attached hydrogens (primary N) is 2. The van der Waals surface area contributed by atoms with E-state index in [2.05, 4.69) is 10.3 Å². The van der Waals surface area contributed by atoms with Gasteiger partial charge in [0.1, 0.15) is 24.7 Å². The van der Waals surface area contributed by atoms with Crippen molar-refractivity contribution in [3.63, 3.8) is 0 Å². The lowest BCUT2D eigenvalue weighted by atomic mass is 10.1. The summed E-state index contributed by atoms with van der Waals surface area (Å²) in [4.78, 5) is 28.7. The summed E-state index contributed by atoms with van der Waals surface area (Å²) in [7, 11) is 0. The minimum atomic E-state index is -0.587. The number of rotatable bonds is 8. The minimum Gasteiger partial charge on any atom is -0.443 e. The zero-order valence-electron chi connectivity index (χ0n) is 16.7. The van der Waals surface area contributed by atoms with Crippen molar-refractivity contribution in [1.29, 1.82) is 0 Å². The Bertz CT molecular complexity index is 982. The highest BCUT2D eigenvalue weighted by Crippen LogP contribution is 2.29. The molecule has 1 fully saturated rings. The normalized spacial score (nSPS) is 16.4. The SMILES string of the molecule is NC=[N+](CCNC(=O)CO)c1ccc(-c2ccc(N3C[C@H](CN)OC3=O)cc2F)cn1. The number of ether oxygens (including phenoxy) is 1. The van der Waals surface area contributed by atoms with E-state index >= 15 is 0 Å². The lowest BCUT2D eigenvalue weighted by Gasteiger charge is -2.14. The molecule has 1 saturated heterocycles. The molecule has 0 aliphatic carbocycles. The van der Waals surface area contributed by atoms with Crippen LogP contribution in [0.2, 0.25) is 0 Å². The molecule has 1 atom stereocenters. The zero-order valence-corrected chi connectivity index (χ0v) is 16.7. The van der Waals surface area contributed by atoms with Gasteiger partial charge in [-0.25, -0.2) is 13.8 Å². The number of cyclic esters (lactones) is 1. The predicted molar refractivity (Wildman–Crippen MR) is 111 cm³/mol. The number of nitrogens with zero attached hydrogens (tertiary/aromatic N) is 3. The number of aliphatic hydroxyl groups is 1. The molecule has 1 aliphatic heterocycles. The summed E-state index contributed by atoms with van der Waals surface area (Å²) in [6.07, 6.45) is 1.85. The molecule has 3 rings (SSSR count). The Hall–Kier alpha value is -3.57. The van der Waals surface area contributed by atoms with Gasteiger partial charge in [-0.2, -0.15) is 0 Å². The molecular formula is C20H24FN6O4+. The summed E-state index contributed by atoms with van der Waals surface area (Å²) < 4.78 is 21.5. The van der Waals surface area contributed by atoms with Crippen molar-refractivity contribution in [3.8, 4) is 11.1 Å². The first-order valence-electron chi connectivity index (χ1n) is 9.60. The molecule has 2 heterocycles. The quantitative estimate of drug-likeness (QED) is 0.259. The van der Waals surface area contributed by atoms with Gasteiger partial charge in [0.25, 0.3) is 5.82 Å². The van der Waals surface area contributed by atoms with E-state index in [1.807, 2.05) is 0 Å². The van der Waals surface area contributed by atoms with Crippen LogP contribution in [0.5, 0.6) is 0 Å². The van der Waals surface area contributed by atoms with Gasteiger partial charge in [0.05, 0.1) is 18.8 Å². The number of halogens is 1. The van der Waals surface area contributed by atoms with E-state index in [1.54, 1.807) is 28.8 Å². The van der Waals surface area contributed by atoms with E-state index in [0.29, 0.717) is 29.2 Å². The molecule has 10 nitrogen and oxygen atoms in total. The third-order valence-corrected chi connectivity index (χ3v) is 4.75. The Morgan fingerprint density at radius 1 is 1.42 bits per heavy atom. The third kappa shape index (κ3) is 5.13. The number of hydrogen-bond acceptors (Lipinski definition) is 6. The Kier molecular flexibility index (Phi) is 7.11. The average Bonchev–Trinajstić information content (AvgIpc) is 3.17. The maximum atomic E-state index is 14.8. The summed E-state index contributed by atoms with van der Waals surface area (Å²) >= 11 is 0. The topological polar surface area (TPSA) is 147 Å². The number of aromatic nitrogens is 1. The molecule has 0 radical (unpaired) electrons. The van der Waals surface area contributed by atoms with Crippen LogP contribution in [0.3, 0.4) is 0 Å². The number of aliphatic hydroxyl groups excluding tert-OH is 1. The Morgan fingerprint density at radius 2 is 2.23 bits per heavy atom. The summed E-state index contributed by atoms with van der Waals surface area (Å²) in [5.41, 5.74) is 12.4. The van der Waals surface area contributed by atoms with Crippen molar-refractivity contribution in [2.45, 2.75) is 6.10 Å². The summed E-state index contributed by atoms with van der Waals surface area (Å²) in [6.45, 7) is 0.487. The predicted octanol–water partition coefficient (Wildman–Crippen LogP) is -0.0889. The molecule has 0 saturated carbocycles. The van der Waals surface area contributed by atoms with Gasteiger partial charge >= 0.3 is 6.09 Å². The number of nitrogens with one attached hydrogen (secondary N) is 1. The molecule has 11 heteroatoms. The molecule has 1 aliphatic rings. The summed E-state index contributed by atoms with van der Waals surface area (Å²) in [5, 5.41) is 11.2. The van der Waals surface area contributed by atoms with Crippen molar-refractivity contribution in [2.75, 3.05) is 37.7 Å². The van der Waals surface area contributed by atoms with Crippen LogP contribution < -0.4 is 21.7 Å². The van der Waals surface area contributed by atoms with Crippen LogP contribution in [-0.4, -0.2) is 71.9 Å². The molecule has 31 heavy (non-hydrogen) atoms. The van der Waals surface area contributed by atoms with Gasteiger partial charge in [-0.3, -0.25) is 9.69 Å². The van der Waals surface area contributed by atoms with Gasteiger partial charge in [-0.1, -0.05) is 0 Å². The molecule has 164 valence electrons. The second-order valence-corrected chi connectivity index (χ2v) is 6.77. The number of carbonyl (C=O) groups excluding carboxylic acids is 2. The summed E-state index contributed by atoms with van der Waals surface area (Å²) in [6, 6.07) is 7.84. The molecule has 6 N–H and O–H groups in total. The van der Waals surface area contributed by atoms with E-state index in [9.17, 15) is 14.0 Å². The van der Waals surface area contributed by atoms with Crippen LogP contribution in [0, 0.1) is 5.82 Å². The molecule has 1 aromatic carbocycles. The molecule has 0 unspecified atom stereocenters. The number of benzene rings is 1. The lowest BCUT2D eigenvalue weighted by molar-refractivity contribution is -0.438. The second kappa shape index (κ2) is 9.96. The van der Waals surface area contributed by atoms with Gasteiger partial charge in [-0.05, 0) is 24.3 Å². The maximum absolute atomic E-state index is 14.8. The van der Waals surface area contributed by atoms with Crippen molar-refractivity contribution in [1.82, 2.24) is 10.3 Å². The highest BCUT2D eigenvalue weighted by molar-refractivity contribution is 5.90. The van der Waals surface area contributed by atoms with Crippen LogP contribution >= 0.6 is 0 Å². The molecule has 2 amide bonds. The standard InChI is InChI=1S/C20H23FN6O4/c21-17-7-14(27-10-15(8-22)31-20(27)30)2-3-16(17)13-1-4-18(25-9-13)26(12-23)6-5-24-19(29)11-28/h1-4,7,9,12,15,23,28H,5-6,8,10-11,22H2,(H,24,29)/p+1/t15-/m0/s1. The molecule has 0 spiro atoms. The number of pyridine rings is 1. The van der Waals surface area contributed by atoms with Crippen molar-refractivity contribution < 1.29 is 28.4 Å². The maximum Gasteiger partial charge on any atom is 0.414 e. The number of carbonyl (C=O) groups is 2. The fourth-order valence-corrected chi connectivity index (χ4v) is 3.11. The van der Waals surface area contributed by atoms with E-state index in [-0.39, 0.29) is 19.6 Å². The van der Waals surface area contributed by atoms with Crippen molar-refractivity contribution >= 4 is 29.8 Å². The van der Waals surface area contributed by atoms with Crippen LogP contribution in [-0.2, 0) is 9.53 Å². The number of anilines is 1.